The van der Waals surface area contributed by atoms with Crippen molar-refractivity contribution in [1.82, 2.24) is 25.1 Å². The molecule has 22 heavy (non-hydrogen) atoms. The topological polar surface area (TPSA) is 46.8 Å². The number of hydrogen-bond acceptors (Lipinski definition) is 5. The van der Waals surface area contributed by atoms with Gasteiger partial charge >= 0.3 is 6.18 Å². The van der Waals surface area contributed by atoms with Crippen molar-refractivity contribution in [2.45, 2.75) is 12.7 Å². The van der Waals surface area contributed by atoms with E-state index in [0.29, 0.717) is 18.1 Å². The highest BCUT2D eigenvalue weighted by atomic mass is 32.2. The average molecular weight is 329 g/mol. The molecule has 0 bridgehead atoms. The van der Waals surface area contributed by atoms with E-state index in [4.69, 9.17) is 0 Å². The molecule has 118 valence electrons. The van der Waals surface area contributed by atoms with Gasteiger partial charge < -0.3 is 0 Å². The van der Waals surface area contributed by atoms with Crippen LogP contribution >= 0.6 is 11.8 Å². The predicted molar refractivity (Wildman–Crippen MR) is 76.8 cm³/mol. The summed E-state index contributed by atoms with van der Waals surface area (Å²) in [5, 5.41) is 11.4. The molecule has 1 fully saturated rings. The van der Waals surface area contributed by atoms with Crippen molar-refractivity contribution in [3.63, 3.8) is 0 Å². The first-order chi connectivity index (χ1) is 10.5. The molecule has 1 aromatic carbocycles. The van der Waals surface area contributed by atoms with E-state index in [2.05, 4.69) is 20.4 Å². The summed E-state index contributed by atoms with van der Waals surface area (Å²) < 4.78 is 39.8. The molecule has 3 rings (SSSR count). The number of aromatic nitrogens is 4. The van der Waals surface area contributed by atoms with Crippen LogP contribution < -0.4 is 0 Å². The number of thioether (sulfide) groups is 1. The van der Waals surface area contributed by atoms with Gasteiger partial charge in [-0.1, -0.05) is 6.07 Å². The Bertz CT molecular complexity index is 637. The molecule has 0 atom stereocenters. The van der Waals surface area contributed by atoms with Crippen LogP contribution in [0.4, 0.5) is 13.2 Å². The zero-order valence-electron chi connectivity index (χ0n) is 11.6. The Morgan fingerprint density at radius 1 is 1.18 bits per heavy atom. The van der Waals surface area contributed by atoms with Crippen LogP contribution in [0.3, 0.4) is 0 Å². The third-order valence-corrected chi connectivity index (χ3v) is 4.36. The van der Waals surface area contributed by atoms with E-state index in [0.717, 1.165) is 36.7 Å². The Hall–Kier alpha value is -1.61. The van der Waals surface area contributed by atoms with Gasteiger partial charge in [0.05, 0.1) is 17.8 Å². The van der Waals surface area contributed by atoms with Crippen LogP contribution in [0.15, 0.2) is 24.3 Å². The Morgan fingerprint density at radius 3 is 2.68 bits per heavy atom. The van der Waals surface area contributed by atoms with Crippen LogP contribution in [-0.4, -0.2) is 49.7 Å². The van der Waals surface area contributed by atoms with Gasteiger partial charge in [0.2, 0.25) is 0 Å². The second-order valence-corrected chi connectivity index (χ2v) is 6.17. The van der Waals surface area contributed by atoms with Gasteiger partial charge in [0.25, 0.3) is 0 Å². The molecule has 2 heterocycles. The van der Waals surface area contributed by atoms with E-state index in [-0.39, 0.29) is 0 Å². The monoisotopic (exact) mass is 329 g/mol. The second-order valence-electron chi connectivity index (χ2n) is 4.94. The molecule has 0 spiro atoms. The normalized spacial score (nSPS) is 16.9. The first-order valence-electron chi connectivity index (χ1n) is 6.79. The Balaban J connectivity index is 1.85. The molecule has 0 saturated carbocycles. The van der Waals surface area contributed by atoms with Gasteiger partial charge in [0, 0.05) is 24.6 Å². The van der Waals surface area contributed by atoms with Gasteiger partial charge in [0.1, 0.15) is 0 Å². The van der Waals surface area contributed by atoms with Crippen molar-refractivity contribution < 1.29 is 13.2 Å². The van der Waals surface area contributed by atoms with Gasteiger partial charge in [-0.2, -0.15) is 29.6 Å². The molecule has 1 aromatic heterocycles. The first-order valence-corrected chi connectivity index (χ1v) is 7.94. The van der Waals surface area contributed by atoms with Crippen LogP contribution in [0.2, 0.25) is 0 Å². The summed E-state index contributed by atoms with van der Waals surface area (Å²) in [6.07, 6.45) is -4.38. The van der Waals surface area contributed by atoms with Gasteiger partial charge in [-0.05, 0) is 28.6 Å². The quantitative estimate of drug-likeness (QED) is 0.864. The van der Waals surface area contributed by atoms with Gasteiger partial charge in [-0.3, -0.25) is 4.90 Å². The summed E-state index contributed by atoms with van der Waals surface area (Å²) in [5.41, 5.74) is -0.387. The molecule has 1 aliphatic rings. The highest BCUT2D eigenvalue weighted by Crippen LogP contribution is 2.30. The van der Waals surface area contributed by atoms with E-state index in [1.165, 1.54) is 10.7 Å². The lowest BCUT2D eigenvalue weighted by Gasteiger charge is -2.25. The molecule has 0 amide bonds. The first kappa shape index (κ1) is 15.3. The molecule has 0 unspecified atom stereocenters. The summed E-state index contributed by atoms with van der Waals surface area (Å²) in [5.74, 6) is 2.64. The summed E-state index contributed by atoms with van der Waals surface area (Å²) in [4.78, 5) is 2.20. The van der Waals surface area contributed by atoms with Crippen LogP contribution in [0, 0.1) is 0 Å². The minimum absolute atomic E-state index is 0.321. The minimum Gasteiger partial charge on any atom is -0.294 e. The number of halogens is 3. The standard InChI is InChI=1S/C13H14F3N5S/c14-13(15,16)10-2-1-3-11(8-10)21-12(17-18-19-21)9-20-4-6-22-7-5-20/h1-3,8H,4-7,9H2. The Labute approximate surface area is 129 Å². The summed E-state index contributed by atoms with van der Waals surface area (Å²) in [7, 11) is 0. The number of hydrogen-bond donors (Lipinski definition) is 0. The summed E-state index contributed by atoms with van der Waals surface area (Å²) in [6, 6.07) is 5.03. The number of benzene rings is 1. The fourth-order valence-electron chi connectivity index (χ4n) is 2.28. The van der Waals surface area contributed by atoms with Gasteiger partial charge in [-0.25, -0.2) is 0 Å². The van der Waals surface area contributed by atoms with Crippen molar-refractivity contribution in [3.05, 3.63) is 35.7 Å². The van der Waals surface area contributed by atoms with E-state index < -0.39 is 11.7 Å². The molecule has 0 N–H and O–H groups in total. The SMILES string of the molecule is FC(F)(F)c1cccc(-n2nnnc2CN2CCSCC2)c1. The fourth-order valence-corrected chi connectivity index (χ4v) is 3.26. The van der Waals surface area contributed by atoms with Crippen molar-refractivity contribution in [3.8, 4) is 5.69 Å². The maximum absolute atomic E-state index is 12.8. The van der Waals surface area contributed by atoms with Crippen LogP contribution in [0.1, 0.15) is 11.4 Å². The third-order valence-electron chi connectivity index (χ3n) is 3.42. The number of tetrazole rings is 1. The van der Waals surface area contributed by atoms with Crippen molar-refractivity contribution in [2.75, 3.05) is 24.6 Å². The second kappa shape index (κ2) is 6.25. The molecule has 1 aliphatic heterocycles. The zero-order chi connectivity index (χ0) is 15.6. The molecule has 0 radical (unpaired) electrons. The van der Waals surface area contributed by atoms with E-state index in [1.54, 1.807) is 6.07 Å². The molecule has 1 saturated heterocycles. The summed E-state index contributed by atoms with van der Waals surface area (Å²) in [6.45, 7) is 2.39. The van der Waals surface area contributed by atoms with Crippen molar-refractivity contribution in [1.29, 1.82) is 0 Å². The number of rotatable bonds is 3. The molecule has 9 heteroatoms. The maximum Gasteiger partial charge on any atom is 0.416 e. The lowest BCUT2D eigenvalue weighted by molar-refractivity contribution is -0.137. The highest BCUT2D eigenvalue weighted by Gasteiger charge is 2.30. The minimum atomic E-state index is -4.38. The predicted octanol–water partition coefficient (Wildman–Crippen LogP) is 2.23. The molecular formula is C13H14F3N5S. The van der Waals surface area contributed by atoms with Crippen molar-refractivity contribution in [2.24, 2.45) is 0 Å². The lowest BCUT2D eigenvalue weighted by Crippen LogP contribution is -2.33. The van der Waals surface area contributed by atoms with E-state index in [1.807, 2.05) is 11.8 Å². The molecule has 2 aromatic rings. The van der Waals surface area contributed by atoms with E-state index >= 15 is 0 Å². The third kappa shape index (κ3) is 3.41. The largest absolute Gasteiger partial charge is 0.416 e. The molecule has 5 nitrogen and oxygen atoms in total. The molecule has 0 aliphatic carbocycles. The van der Waals surface area contributed by atoms with Gasteiger partial charge in [0.15, 0.2) is 5.82 Å². The molecular weight excluding hydrogens is 315 g/mol. The Morgan fingerprint density at radius 2 is 1.95 bits per heavy atom. The van der Waals surface area contributed by atoms with E-state index in [9.17, 15) is 13.2 Å². The zero-order valence-corrected chi connectivity index (χ0v) is 12.4. The van der Waals surface area contributed by atoms with Crippen LogP contribution in [0.25, 0.3) is 5.69 Å². The smallest absolute Gasteiger partial charge is 0.294 e. The Kier molecular flexibility index (Phi) is 4.34. The lowest BCUT2D eigenvalue weighted by atomic mass is 10.2. The van der Waals surface area contributed by atoms with Crippen LogP contribution in [-0.2, 0) is 12.7 Å². The average Bonchev–Trinajstić information content (AvgIpc) is 2.96. The van der Waals surface area contributed by atoms with Crippen LogP contribution in [0.5, 0.6) is 0 Å². The number of alkyl halides is 3. The van der Waals surface area contributed by atoms with Crippen molar-refractivity contribution >= 4 is 11.8 Å². The maximum atomic E-state index is 12.8. The number of nitrogens with zero attached hydrogens (tertiary/aromatic N) is 5. The summed E-state index contributed by atoms with van der Waals surface area (Å²) >= 11 is 1.89. The fraction of sp³-hybridized carbons (Fsp3) is 0.462. The van der Waals surface area contributed by atoms with Gasteiger partial charge in [-0.15, -0.1) is 5.10 Å². The highest BCUT2D eigenvalue weighted by molar-refractivity contribution is 7.99.